The fourth-order valence-corrected chi connectivity index (χ4v) is 3.09. The Balaban J connectivity index is 2.54. The molecule has 1 aromatic carbocycles. The van der Waals surface area contributed by atoms with E-state index in [0.717, 1.165) is 5.56 Å². The smallest absolute Gasteiger partial charge is 0.411 e. The van der Waals surface area contributed by atoms with Crippen molar-refractivity contribution >= 4 is 12.1 Å². The zero-order valence-electron chi connectivity index (χ0n) is 13.9. The molecule has 0 spiro atoms. The van der Waals surface area contributed by atoms with Crippen molar-refractivity contribution < 1.29 is 24.5 Å². The van der Waals surface area contributed by atoms with Crippen LogP contribution in [0.4, 0.5) is 4.79 Å². The van der Waals surface area contributed by atoms with Gasteiger partial charge in [-0.2, -0.15) is 0 Å². The summed E-state index contributed by atoms with van der Waals surface area (Å²) >= 11 is 0. The van der Waals surface area contributed by atoms with Crippen LogP contribution in [0.1, 0.15) is 45.2 Å². The number of benzene rings is 1. The molecule has 0 saturated carbocycles. The molecule has 0 aliphatic carbocycles. The Bertz CT molecular complexity index is 634. The number of fused-ring (bicyclic) bond motifs is 1. The first kappa shape index (κ1) is 17.1. The number of carbonyl (C=O) groups excluding carboxylic acids is 1. The van der Waals surface area contributed by atoms with Gasteiger partial charge in [-0.05, 0) is 56.9 Å². The van der Waals surface area contributed by atoms with Crippen molar-refractivity contribution in [3.8, 4) is 5.75 Å². The number of phenolic OH excluding ortho intramolecular Hbond substituents is 1. The number of phenols is 1. The summed E-state index contributed by atoms with van der Waals surface area (Å²) in [5.41, 5.74) is -0.912. The Morgan fingerprint density at radius 1 is 1.35 bits per heavy atom. The molecular formula is C17H23NO5. The highest BCUT2D eigenvalue weighted by Gasteiger charge is 2.51. The highest BCUT2D eigenvalue weighted by Crippen LogP contribution is 2.40. The van der Waals surface area contributed by atoms with Gasteiger partial charge in [0.1, 0.15) is 11.4 Å². The van der Waals surface area contributed by atoms with Crippen LogP contribution in [-0.2, 0) is 21.5 Å². The van der Waals surface area contributed by atoms with Gasteiger partial charge in [-0.15, -0.1) is 0 Å². The third kappa shape index (κ3) is 2.98. The highest BCUT2D eigenvalue weighted by molar-refractivity contribution is 5.87. The number of carboxylic acid groups (broad SMARTS) is 1. The average molecular weight is 321 g/mol. The summed E-state index contributed by atoms with van der Waals surface area (Å²) in [5, 5.41) is 19.6. The molecular weight excluding hydrogens is 298 g/mol. The largest absolute Gasteiger partial charge is 0.508 e. The first-order chi connectivity index (χ1) is 10.6. The second kappa shape index (κ2) is 5.76. The molecule has 1 amide bonds. The van der Waals surface area contributed by atoms with E-state index in [0.29, 0.717) is 12.0 Å². The maximum absolute atomic E-state index is 12.6. The van der Waals surface area contributed by atoms with E-state index in [1.54, 1.807) is 39.8 Å². The number of carbonyl (C=O) groups is 2. The molecule has 1 aromatic rings. The Morgan fingerprint density at radius 3 is 2.52 bits per heavy atom. The van der Waals surface area contributed by atoms with Gasteiger partial charge in [0.05, 0.1) is 0 Å². The van der Waals surface area contributed by atoms with Gasteiger partial charge in [-0.3, -0.25) is 4.90 Å². The van der Waals surface area contributed by atoms with Crippen LogP contribution in [0.3, 0.4) is 0 Å². The molecule has 1 unspecified atom stereocenters. The van der Waals surface area contributed by atoms with E-state index < -0.39 is 23.2 Å². The summed E-state index contributed by atoms with van der Waals surface area (Å²) in [7, 11) is 0. The number of hydrogen-bond donors (Lipinski definition) is 2. The van der Waals surface area contributed by atoms with Crippen LogP contribution in [0, 0.1) is 0 Å². The molecule has 126 valence electrons. The lowest BCUT2D eigenvalue weighted by Crippen LogP contribution is -2.58. The van der Waals surface area contributed by atoms with Crippen LogP contribution in [0.2, 0.25) is 0 Å². The van der Waals surface area contributed by atoms with Gasteiger partial charge < -0.3 is 14.9 Å². The number of aromatic hydroxyl groups is 1. The standard InChI is InChI=1S/C17H23NO5/c1-5-17(14(20)21)13-7-6-12(19)10-11(13)8-9-18(17)15(22)23-16(2,3)4/h6-7,10,19H,5,8-9H2,1-4H3,(H,20,21). The van der Waals surface area contributed by atoms with Gasteiger partial charge >= 0.3 is 12.1 Å². The van der Waals surface area contributed by atoms with Gasteiger partial charge in [-0.25, -0.2) is 9.59 Å². The van der Waals surface area contributed by atoms with Crippen molar-refractivity contribution in [2.75, 3.05) is 6.54 Å². The molecule has 1 aliphatic rings. The molecule has 23 heavy (non-hydrogen) atoms. The molecule has 1 heterocycles. The van der Waals surface area contributed by atoms with Crippen molar-refractivity contribution in [3.63, 3.8) is 0 Å². The fraction of sp³-hybridized carbons (Fsp3) is 0.529. The molecule has 0 radical (unpaired) electrons. The molecule has 2 N–H and O–H groups in total. The maximum atomic E-state index is 12.6. The lowest BCUT2D eigenvalue weighted by Gasteiger charge is -2.44. The van der Waals surface area contributed by atoms with E-state index in [2.05, 4.69) is 0 Å². The maximum Gasteiger partial charge on any atom is 0.411 e. The van der Waals surface area contributed by atoms with E-state index in [9.17, 15) is 19.8 Å². The van der Waals surface area contributed by atoms with Gasteiger partial charge in [0.15, 0.2) is 5.54 Å². The topological polar surface area (TPSA) is 87.1 Å². The Kier molecular flexibility index (Phi) is 4.28. The summed E-state index contributed by atoms with van der Waals surface area (Å²) in [6.45, 7) is 7.19. The van der Waals surface area contributed by atoms with E-state index in [4.69, 9.17) is 4.74 Å². The minimum atomic E-state index is -1.48. The van der Waals surface area contributed by atoms with Crippen LogP contribution < -0.4 is 0 Å². The summed E-state index contributed by atoms with van der Waals surface area (Å²) < 4.78 is 5.40. The predicted molar refractivity (Wildman–Crippen MR) is 84.4 cm³/mol. The Morgan fingerprint density at radius 2 is 2.00 bits per heavy atom. The lowest BCUT2D eigenvalue weighted by atomic mass is 9.78. The number of amides is 1. The molecule has 0 saturated heterocycles. The fourth-order valence-electron chi connectivity index (χ4n) is 3.09. The minimum absolute atomic E-state index is 0.0878. The third-order valence-electron chi connectivity index (χ3n) is 4.08. The summed E-state index contributed by atoms with van der Waals surface area (Å²) in [6, 6.07) is 4.60. The number of rotatable bonds is 2. The van der Waals surface area contributed by atoms with E-state index in [1.807, 2.05) is 0 Å². The van der Waals surface area contributed by atoms with Gasteiger partial charge in [-0.1, -0.05) is 13.0 Å². The lowest BCUT2D eigenvalue weighted by molar-refractivity contribution is -0.153. The number of aliphatic carboxylic acids is 1. The van der Waals surface area contributed by atoms with Crippen LogP contribution in [0.15, 0.2) is 18.2 Å². The zero-order chi connectivity index (χ0) is 17.4. The first-order valence-corrected chi connectivity index (χ1v) is 7.68. The van der Waals surface area contributed by atoms with Crippen molar-refractivity contribution in [1.29, 1.82) is 0 Å². The van der Waals surface area contributed by atoms with E-state index in [-0.39, 0.29) is 18.7 Å². The quantitative estimate of drug-likeness (QED) is 0.874. The molecule has 0 bridgehead atoms. The predicted octanol–water partition coefficient (Wildman–Crippen LogP) is 2.88. The van der Waals surface area contributed by atoms with Crippen LogP contribution >= 0.6 is 0 Å². The van der Waals surface area contributed by atoms with E-state index >= 15 is 0 Å². The van der Waals surface area contributed by atoms with Gasteiger partial charge in [0.25, 0.3) is 0 Å². The highest BCUT2D eigenvalue weighted by atomic mass is 16.6. The number of ether oxygens (including phenoxy) is 1. The second-order valence-electron chi connectivity index (χ2n) is 6.74. The first-order valence-electron chi connectivity index (χ1n) is 7.68. The van der Waals surface area contributed by atoms with Crippen molar-refractivity contribution in [3.05, 3.63) is 29.3 Å². The van der Waals surface area contributed by atoms with Gasteiger partial charge in [0.2, 0.25) is 0 Å². The van der Waals surface area contributed by atoms with Crippen molar-refractivity contribution in [2.45, 2.75) is 51.7 Å². The molecule has 6 nitrogen and oxygen atoms in total. The zero-order valence-corrected chi connectivity index (χ0v) is 13.9. The summed E-state index contributed by atoms with van der Waals surface area (Å²) in [5.74, 6) is -1.01. The number of carboxylic acids is 1. The molecule has 1 aliphatic heterocycles. The molecule has 6 heteroatoms. The van der Waals surface area contributed by atoms with Crippen LogP contribution in [-0.4, -0.2) is 39.3 Å². The normalized spacial score (nSPS) is 20.8. The van der Waals surface area contributed by atoms with E-state index in [1.165, 1.54) is 11.0 Å². The number of hydrogen-bond acceptors (Lipinski definition) is 4. The third-order valence-corrected chi connectivity index (χ3v) is 4.08. The average Bonchev–Trinajstić information content (AvgIpc) is 2.43. The monoisotopic (exact) mass is 321 g/mol. The Labute approximate surface area is 135 Å². The second-order valence-corrected chi connectivity index (χ2v) is 6.74. The van der Waals surface area contributed by atoms with Crippen LogP contribution in [0.5, 0.6) is 5.75 Å². The minimum Gasteiger partial charge on any atom is -0.508 e. The number of nitrogens with zero attached hydrogens (tertiary/aromatic N) is 1. The Hall–Kier alpha value is -2.24. The molecule has 0 aromatic heterocycles. The SMILES string of the molecule is CCC1(C(=O)O)c2ccc(O)cc2CCN1C(=O)OC(C)(C)C. The van der Waals surface area contributed by atoms with Crippen molar-refractivity contribution in [1.82, 2.24) is 4.90 Å². The van der Waals surface area contributed by atoms with Gasteiger partial charge in [0, 0.05) is 6.54 Å². The van der Waals surface area contributed by atoms with Crippen LogP contribution in [0.25, 0.3) is 0 Å². The molecule has 2 rings (SSSR count). The van der Waals surface area contributed by atoms with Crippen molar-refractivity contribution in [2.24, 2.45) is 0 Å². The summed E-state index contributed by atoms with van der Waals surface area (Å²) in [4.78, 5) is 26.0. The summed E-state index contributed by atoms with van der Waals surface area (Å²) in [6.07, 6.45) is 0.0395. The molecule has 0 fully saturated rings. The molecule has 1 atom stereocenters.